The number of carbonyl (C=O) groups excluding carboxylic acids is 1. The highest BCUT2D eigenvalue weighted by molar-refractivity contribution is 5.99. The Morgan fingerprint density at radius 3 is 2.83 bits per heavy atom. The minimum absolute atomic E-state index is 0.109. The number of ketones is 1. The van der Waals surface area contributed by atoms with Gasteiger partial charge in [-0.1, -0.05) is 18.9 Å². The zero-order valence-corrected chi connectivity index (χ0v) is 13.4. The molecule has 0 aromatic heterocycles. The van der Waals surface area contributed by atoms with Crippen LogP contribution >= 0.6 is 0 Å². The number of phenols is 1. The molecule has 2 saturated carbocycles. The number of benzene rings is 1. The van der Waals surface area contributed by atoms with E-state index in [-0.39, 0.29) is 28.8 Å². The van der Waals surface area contributed by atoms with Crippen LogP contribution in [-0.2, 0) is 0 Å². The number of phenolic OH excluding ortho intramolecular Hbond substituents is 1. The van der Waals surface area contributed by atoms with Crippen LogP contribution in [0.2, 0.25) is 0 Å². The largest absolute Gasteiger partial charge is 0.508 e. The number of hydrogen-bond acceptors (Lipinski definition) is 3. The smallest absolute Gasteiger partial charge is 0.163 e. The fraction of sp³-hybridized carbons (Fsp3) is 0.550. The Hall–Kier alpha value is -1.79. The predicted molar refractivity (Wildman–Crippen MR) is 87.1 cm³/mol. The van der Waals surface area contributed by atoms with Crippen LogP contribution in [0.3, 0.4) is 0 Å². The molecule has 3 heteroatoms. The summed E-state index contributed by atoms with van der Waals surface area (Å²) in [5, 5.41) is 20.6. The molecule has 0 bridgehead atoms. The number of hydrogen-bond donors (Lipinski definition) is 2. The highest BCUT2D eigenvalue weighted by Crippen LogP contribution is 2.64. The molecular formula is C20H22O3. The Morgan fingerprint density at radius 1 is 1.30 bits per heavy atom. The van der Waals surface area contributed by atoms with Crippen molar-refractivity contribution in [2.24, 2.45) is 17.3 Å². The number of terminal acetylenes is 1. The minimum Gasteiger partial charge on any atom is -0.508 e. The van der Waals surface area contributed by atoms with Gasteiger partial charge in [-0.15, -0.1) is 6.42 Å². The van der Waals surface area contributed by atoms with Gasteiger partial charge < -0.3 is 10.2 Å². The topological polar surface area (TPSA) is 57.5 Å². The molecule has 0 unspecified atom stereocenters. The van der Waals surface area contributed by atoms with Crippen LogP contribution in [0, 0.1) is 29.6 Å². The fourth-order valence-corrected chi connectivity index (χ4v) is 5.64. The van der Waals surface area contributed by atoms with E-state index in [2.05, 4.69) is 12.8 Å². The Bertz CT molecular complexity index is 731. The SMILES string of the molecule is C#C[C@@]1(O)CC[C@H]2[C@@H]3CC(=O)c4cc(O)ccc4[C@H]3CC[C@@]21C. The molecule has 2 fully saturated rings. The van der Waals surface area contributed by atoms with Crippen molar-refractivity contribution in [3.63, 3.8) is 0 Å². The summed E-state index contributed by atoms with van der Waals surface area (Å²) in [6.07, 6.45) is 9.49. The van der Waals surface area contributed by atoms with Crippen molar-refractivity contribution in [1.82, 2.24) is 0 Å². The molecule has 0 radical (unpaired) electrons. The van der Waals surface area contributed by atoms with Crippen LogP contribution < -0.4 is 0 Å². The van der Waals surface area contributed by atoms with Gasteiger partial charge in [0.25, 0.3) is 0 Å². The second kappa shape index (κ2) is 4.61. The molecule has 2 N–H and O–H groups in total. The summed E-state index contributed by atoms with van der Waals surface area (Å²) in [6.45, 7) is 2.11. The van der Waals surface area contributed by atoms with Crippen molar-refractivity contribution in [2.75, 3.05) is 0 Å². The van der Waals surface area contributed by atoms with Crippen LogP contribution in [0.15, 0.2) is 18.2 Å². The van der Waals surface area contributed by atoms with E-state index in [9.17, 15) is 15.0 Å². The minimum atomic E-state index is -1.04. The maximum Gasteiger partial charge on any atom is 0.163 e. The third-order valence-electron chi connectivity index (χ3n) is 6.99. The zero-order chi connectivity index (χ0) is 16.4. The maximum absolute atomic E-state index is 12.6. The van der Waals surface area contributed by atoms with Crippen LogP contribution in [0.5, 0.6) is 5.75 Å². The Kier molecular flexibility index (Phi) is 2.96. The van der Waals surface area contributed by atoms with Gasteiger partial charge in [0.15, 0.2) is 5.78 Å². The van der Waals surface area contributed by atoms with Crippen molar-refractivity contribution < 1.29 is 15.0 Å². The van der Waals surface area contributed by atoms with E-state index in [1.54, 1.807) is 12.1 Å². The van der Waals surface area contributed by atoms with E-state index in [1.807, 2.05) is 6.07 Å². The van der Waals surface area contributed by atoms with Crippen molar-refractivity contribution >= 4 is 5.78 Å². The molecule has 3 aliphatic carbocycles. The molecular weight excluding hydrogens is 288 g/mol. The maximum atomic E-state index is 12.6. The lowest BCUT2D eigenvalue weighted by Gasteiger charge is -2.51. The highest BCUT2D eigenvalue weighted by atomic mass is 16.3. The summed E-state index contributed by atoms with van der Waals surface area (Å²) < 4.78 is 0. The first-order valence-electron chi connectivity index (χ1n) is 8.46. The molecule has 0 aliphatic heterocycles. The van der Waals surface area contributed by atoms with Crippen molar-refractivity contribution in [3.8, 4) is 18.1 Å². The molecule has 1 aromatic carbocycles. The van der Waals surface area contributed by atoms with E-state index >= 15 is 0 Å². The van der Waals surface area contributed by atoms with E-state index in [1.165, 1.54) is 0 Å². The molecule has 0 heterocycles. The summed E-state index contributed by atoms with van der Waals surface area (Å²) in [5.41, 5.74) is 0.417. The lowest BCUT2D eigenvalue weighted by Crippen LogP contribution is -2.50. The predicted octanol–water partition coefficient (Wildman–Crippen LogP) is 3.25. The highest BCUT2D eigenvalue weighted by Gasteiger charge is 2.61. The first-order valence-corrected chi connectivity index (χ1v) is 8.46. The Balaban J connectivity index is 1.77. The van der Waals surface area contributed by atoms with Gasteiger partial charge in [0.1, 0.15) is 11.4 Å². The van der Waals surface area contributed by atoms with Crippen LogP contribution in [0.4, 0.5) is 0 Å². The molecule has 0 spiro atoms. The molecule has 5 atom stereocenters. The van der Waals surface area contributed by atoms with Crippen LogP contribution in [-0.4, -0.2) is 21.6 Å². The first-order chi connectivity index (χ1) is 10.9. The van der Waals surface area contributed by atoms with Crippen molar-refractivity contribution in [2.45, 2.75) is 50.5 Å². The zero-order valence-electron chi connectivity index (χ0n) is 13.4. The quantitative estimate of drug-likeness (QED) is 0.723. The summed E-state index contributed by atoms with van der Waals surface area (Å²) in [6, 6.07) is 5.19. The molecule has 0 amide bonds. The van der Waals surface area contributed by atoms with Gasteiger partial charge >= 0.3 is 0 Å². The third kappa shape index (κ3) is 1.79. The van der Waals surface area contributed by atoms with E-state index in [0.717, 1.165) is 24.8 Å². The first kappa shape index (κ1) is 14.8. The standard InChI is InChI=1S/C20H22O3/c1-3-20(23)9-7-17-15-11-18(22)16-10-12(21)4-5-13(16)14(15)6-8-19(17,20)2/h1,4-5,10,14-15,17,21,23H,6-9,11H2,2H3/t14-,15-,17+,19+,20-/m1/s1. The van der Waals surface area contributed by atoms with Gasteiger partial charge in [0, 0.05) is 17.4 Å². The average molecular weight is 310 g/mol. The molecule has 0 saturated heterocycles. The second-order valence-electron chi connectivity index (χ2n) is 7.78. The third-order valence-corrected chi connectivity index (χ3v) is 6.99. The summed E-state index contributed by atoms with van der Waals surface area (Å²) in [7, 11) is 0. The van der Waals surface area contributed by atoms with Gasteiger partial charge in [-0.3, -0.25) is 4.79 Å². The number of rotatable bonds is 0. The number of Topliss-reactive ketones (excluding diaryl/α,β-unsaturated/α-hetero) is 1. The molecule has 120 valence electrons. The average Bonchev–Trinajstić information content (AvgIpc) is 2.80. The molecule has 3 nitrogen and oxygen atoms in total. The Morgan fingerprint density at radius 2 is 2.09 bits per heavy atom. The van der Waals surface area contributed by atoms with Crippen molar-refractivity contribution in [1.29, 1.82) is 0 Å². The lowest BCUT2D eigenvalue weighted by molar-refractivity contribution is -0.0629. The normalized spacial score (nSPS) is 41.6. The molecule has 1 aromatic rings. The number of carbonyl (C=O) groups is 1. The van der Waals surface area contributed by atoms with Gasteiger partial charge in [-0.25, -0.2) is 0 Å². The van der Waals surface area contributed by atoms with Gasteiger partial charge in [0.2, 0.25) is 0 Å². The number of aromatic hydroxyl groups is 1. The van der Waals surface area contributed by atoms with E-state index in [0.29, 0.717) is 24.3 Å². The van der Waals surface area contributed by atoms with Crippen LogP contribution in [0.1, 0.15) is 60.9 Å². The second-order valence-corrected chi connectivity index (χ2v) is 7.78. The molecule has 3 aliphatic rings. The summed E-state index contributed by atoms with van der Waals surface area (Å²) in [4.78, 5) is 12.6. The van der Waals surface area contributed by atoms with Gasteiger partial charge in [0.05, 0.1) is 0 Å². The molecule has 23 heavy (non-hydrogen) atoms. The van der Waals surface area contributed by atoms with E-state index < -0.39 is 5.60 Å². The van der Waals surface area contributed by atoms with Gasteiger partial charge in [-0.05, 0) is 61.1 Å². The Labute approximate surface area is 136 Å². The summed E-state index contributed by atoms with van der Waals surface area (Å²) >= 11 is 0. The fourth-order valence-electron chi connectivity index (χ4n) is 5.64. The summed E-state index contributed by atoms with van der Waals surface area (Å²) in [5.74, 6) is 3.78. The van der Waals surface area contributed by atoms with Gasteiger partial charge in [-0.2, -0.15) is 0 Å². The number of aliphatic hydroxyl groups is 1. The van der Waals surface area contributed by atoms with E-state index in [4.69, 9.17) is 6.42 Å². The lowest BCUT2D eigenvalue weighted by atomic mass is 9.53. The number of fused-ring (bicyclic) bond motifs is 5. The molecule has 4 rings (SSSR count). The monoisotopic (exact) mass is 310 g/mol. The van der Waals surface area contributed by atoms with Crippen LogP contribution in [0.25, 0.3) is 0 Å². The van der Waals surface area contributed by atoms with Crippen molar-refractivity contribution in [3.05, 3.63) is 29.3 Å².